The van der Waals surface area contributed by atoms with Crippen LogP contribution in [0.25, 0.3) is 11.4 Å². The van der Waals surface area contributed by atoms with Crippen molar-refractivity contribution in [1.82, 2.24) is 15.3 Å². The van der Waals surface area contributed by atoms with Crippen LogP contribution in [-0.4, -0.2) is 22.6 Å². The summed E-state index contributed by atoms with van der Waals surface area (Å²) in [5, 5.41) is 3.48. The Morgan fingerprint density at radius 3 is 2.81 bits per heavy atom. The summed E-state index contributed by atoms with van der Waals surface area (Å²) in [7, 11) is 0. The monoisotopic (exact) mass is 285 g/mol. The number of aromatic amines is 1. The van der Waals surface area contributed by atoms with Crippen molar-refractivity contribution < 1.29 is 4.74 Å². The summed E-state index contributed by atoms with van der Waals surface area (Å²) in [4.78, 5) is 7.93. The van der Waals surface area contributed by atoms with Gasteiger partial charge in [-0.05, 0) is 57.0 Å². The minimum Gasteiger partial charge on any atom is -0.491 e. The zero-order valence-electron chi connectivity index (χ0n) is 12.7. The zero-order valence-corrected chi connectivity index (χ0v) is 12.7. The molecule has 4 heteroatoms. The molecule has 0 radical (unpaired) electrons. The van der Waals surface area contributed by atoms with Gasteiger partial charge in [-0.25, -0.2) is 4.98 Å². The molecule has 0 bridgehead atoms. The highest BCUT2D eigenvalue weighted by Gasteiger charge is 2.18. The average Bonchev–Trinajstić information content (AvgIpc) is 3.19. The first-order chi connectivity index (χ1) is 10.3. The number of hydrogen-bond acceptors (Lipinski definition) is 3. The minimum absolute atomic E-state index is 0.250. The first kappa shape index (κ1) is 14.1. The van der Waals surface area contributed by atoms with E-state index < -0.39 is 0 Å². The Kier molecular flexibility index (Phi) is 4.25. The molecule has 2 heterocycles. The number of nitrogens with zero attached hydrogens (tertiary/aromatic N) is 1. The van der Waals surface area contributed by atoms with Crippen molar-refractivity contribution in [2.75, 3.05) is 6.54 Å². The van der Waals surface area contributed by atoms with Gasteiger partial charge in [0.2, 0.25) is 0 Å². The predicted octanol–water partition coefficient (Wildman–Crippen LogP) is 3.68. The molecule has 1 aromatic carbocycles. The van der Waals surface area contributed by atoms with E-state index in [-0.39, 0.29) is 6.10 Å². The van der Waals surface area contributed by atoms with Gasteiger partial charge in [0, 0.05) is 11.6 Å². The third-order valence-electron chi connectivity index (χ3n) is 4.07. The van der Waals surface area contributed by atoms with Crippen LogP contribution in [0.4, 0.5) is 0 Å². The molecule has 1 fully saturated rings. The standard InChI is InChI=1S/C17H23N3O/c1-3-12(2)21-14-8-6-13(7-9-14)17-19-11-16(20-17)15-5-4-10-18-15/h6-9,11-12,15,18H,3-5,10H2,1-2H3,(H,19,20). The molecule has 21 heavy (non-hydrogen) atoms. The van der Waals surface area contributed by atoms with E-state index in [2.05, 4.69) is 41.3 Å². The van der Waals surface area contributed by atoms with Crippen LogP contribution in [0.2, 0.25) is 0 Å². The quantitative estimate of drug-likeness (QED) is 0.881. The molecule has 4 nitrogen and oxygen atoms in total. The van der Waals surface area contributed by atoms with Crippen LogP contribution in [0, 0.1) is 0 Å². The Balaban J connectivity index is 1.71. The molecule has 1 aliphatic heterocycles. The molecule has 2 N–H and O–H groups in total. The summed E-state index contributed by atoms with van der Waals surface area (Å²) >= 11 is 0. The zero-order chi connectivity index (χ0) is 14.7. The topological polar surface area (TPSA) is 49.9 Å². The Morgan fingerprint density at radius 2 is 2.14 bits per heavy atom. The van der Waals surface area contributed by atoms with E-state index in [0.717, 1.165) is 30.1 Å². The van der Waals surface area contributed by atoms with E-state index in [0.29, 0.717) is 6.04 Å². The highest BCUT2D eigenvalue weighted by Crippen LogP contribution is 2.25. The molecular weight excluding hydrogens is 262 g/mol. The van der Waals surface area contributed by atoms with Crippen LogP contribution < -0.4 is 10.1 Å². The van der Waals surface area contributed by atoms with Crippen molar-refractivity contribution in [3.63, 3.8) is 0 Å². The summed E-state index contributed by atoms with van der Waals surface area (Å²) in [6.07, 6.45) is 5.63. The highest BCUT2D eigenvalue weighted by atomic mass is 16.5. The van der Waals surface area contributed by atoms with Crippen molar-refractivity contribution in [2.45, 2.75) is 45.3 Å². The van der Waals surface area contributed by atoms with Crippen LogP contribution in [0.5, 0.6) is 5.75 Å². The molecule has 0 saturated carbocycles. The van der Waals surface area contributed by atoms with Gasteiger partial charge in [0.1, 0.15) is 11.6 Å². The Morgan fingerprint density at radius 1 is 1.33 bits per heavy atom. The normalized spacial score (nSPS) is 19.6. The van der Waals surface area contributed by atoms with Crippen LogP contribution in [0.3, 0.4) is 0 Å². The van der Waals surface area contributed by atoms with Crippen LogP contribution in [0.15, 0.2) is 30.5 Å². The molecule has 0 aliphatic carbocycles. The predicted molar refractivity (Wildman–Crippen MR) is 84.4 cm³/mol. The number of H-pyrrole nitrogens is 1. The van der Waals surface area contributed by atoms with E-state index in [1.54, 1.807) is 0 Å². The van der Waals surface area contributed by atoms with Gasteiger partial charge in [0.05, 0.1) is 18.0 Å². The number of aromatic nitrogens is 2. The number of nitrogens with one attached hydrogen (secondary N) is 2. The van der Waals surface area contributed by atoms with Gasteiger partial charge in [-0.2, -0.15) is 0 Å². The first-order valence-corrected chi connectivity index (χ1v) is 7.81. The first-order valence-electron chi connectivity index (χ1n) is 7.81. The maximum atomic E-state index is 5.80. The smallest absolute Gasteiger partial charge is 0.137 e. The van der Waals surface area contributed by atoms with Gasteiger partial charge >= 0.3 is 0 Å². The number of imidazole rings is 1. The fourth-order valence-electron chi connectivity index (χ4n) is 2.62. The number of rotatable bonds is 5. The maximum absolute atomic E-state index is 5.80. The second-order valence-corrected chi connectivity index (χ2v) is 5.70. The van der Waals surface area contributed by atoms with Gasteiger partial charge in [0.25, 0.3) is 0 Å². The molecule has 112 valence electrons. The summed E-state index contributed by atoms with van der Waals surface area (Å²) in [5.41, 5.74) is 2.28. The average molecular weight is 285 g/mol. The molecular formula is C17H23N3O. The molecule has 2 unspecified atom stereocenters. The van der Waals surface area contributed by atoms with Crippen molar-refractivity contribution in [3.05, 3.63) is 36.2 Å². The summed E-state index contributed by atoms with van der Waals surface area (Å²) in [6.45, 7) is 5.31. The molecule has 1 saturated heterocycles. The lowest BCUT2D eigenvalue weighted by atomic mass is 10.2. The Hall–Kier alpha value is -1.81. The highest BCUT2D eigenvalue weighted by molar-refractivity contribution is 5.56. The fourth-order valence-corrected chi connectivity index (χ4v) is 2.62. The summed E-state index contributed by atoms with van der Waals surface area (Å²) in [6, 6.07) is 8.57. The Bertz CT molecular complexity index is 570. The van der Waals surface area contributed by atoms with Gasteiger partial charge < -0.3 is 15.0 Å². The number of ether oxygens (including phenoxy) is 1. The number of hydrogen-bond donors (Lipinski definition) is 2. The van der Waals surface area contributed by atoms with E-state index in [1.165, 1.54) is 18.5 Å². The van der Waals surface area contributed by atoms with Crippen molar-refractivity contribution in [3.8, 4) is 17.1 Å². The third-order valence-corrected chi connectivity index (χ3v) is 4.07. The fraction of sp³-hybridized carbons (Fsp3) is 0.471. The molecule has 0 amide bonds. The number of benzene rings is 1. The minimum atomic E-state index is 0.250. The van der Waals surface area contributed by atoms with E-state index in [9.17, 15) is 0 Å². The third kappa shape index (κ3) is 3.27. The molecule has 3 rings (SSSR count). The maximum Gasteiger partial charge on any atom is 0.137 e. The van der Waals surface area contributed by atoms with Gasteiger partial charge in [-0.1, -0.05) is 6.92 Å². The van der Waals surface area contributed by atoms with Crippen molar-refractivity contribution in [2.24, 2.45) is 0 Å². The van der Waals surface area contributed by atoms with Crippen molar-refractivity contribution in [1.29, 1.82) is 0 Å². The van der Waals surface area contributed by atoms with Crippen molar-refractivity contribution >= 4 is 0 Å². The lowest BCUT2D eigenvalue weighted by Crippen LogP contribution is -2.12. The Labute approximate surface area is 125 Å². The van der Waals surface area contributed by atoms with Gasteiger partial charge in [0.15, 0.2) is 0 Å². The van der Waals surface area contributed by atoms with Crippen LogP contribution >= 0.6 is 0 Å². The lowest BCUT2D eigenvalue weighted by molar-refractivity contribution is 0.217. The second-order valence-electron chi connectivity index (χ2n) is 5.70. The van der Waals surface area contributed by atoms with E-state index in [4.69, 9.17) is 4.74 Å². The summed E-state index contributed by atoms with van der Waals surface area (Å²) < 4.78 is 5.80. The summed E-state index contributed by atoms with van der Waals surface area (Å²) in [5.74, 6) is 1.84. The van der Waals surface area contributed by atoms with Gasteiger partial charge in [-0.3, -0.25) is 0 Å². The largest absolute Gasteiger partial charge is 0.491 e. The van der Waals surface area contributed by atoms with Crippen LogP contribution in [0.1, 0.15) is 44.8 Å². The van der Waals surface area contributed by atoms with Crippen LogP contribution in [-0.2, 0) is 0 Å². The van der Waals surface area contributed by atoms with Gasteiger partial charge in [-0.15, -0.1) is 0 Å². The molecule has 1 aromatic heterocycles. The molecule has 1 aliphatic rings. The molecule has 0 spiro atoms. The SMILES string of the molecule is CCC(C)Oc1ccc(-c2ncc(C3CCCN3)[nH]2)cc1. The second kappa shape index (κ2) is 6.31. The lowest BCUT2D eigenvalue weighted by Gasteiger charge is -2.12. The van der Waals surface area contributed by atoms with E-state index in [1.807, 2.05) is 18.3 Å². The molecule has 2 atom stereocenters. The van der Waals surface area contributed by atoms with E-state index >= 15 is 0 Å². The molecule has 2 aromatic rings.